The van der Waals surface area contributed by atoms with Gasteiger partial charge in [0.25, 0.3) is 0 Å². The van der Waals surface area contributed by atoms with Crippen LogP contribution in [0.15, 0.2) is 42.9 Å². The fraction of sp³-hybridized carbons (Fsp3) is 0.333. The van der Waals surface area contributed by atoms with Gasteiger partial charge in [-0.3, -0.25) is 9.97 Å². The van der Waals surface area contributed by atoms with Crippen molar-refractivity contribution >= 4 is 23.2 Å². The molecule has 0 saturated heterocycles. The van der Waals surface area contributed by atoms with Gasteiger partial charge >= 0.3 is 6.18 Å². The molecule has 1 aromatic carbocycles. The lowest BCUT2D eigenvalue weighted by Gasteiger charge is -2.36. The SMILES string of the molecule is Cl.OCc1cc(F)c(CNC2CC(Oc3ccnc(C(F)(F)F)c3)C2)c2ccncc12. The van der Waals surface area contributed by atoms with E-state index in [4.69, 9.17) is 4.74 Å². The lowest BCUT2D eigenvalue weighted by molar-refractivity contribution is -0.141. The molecule has 166 valence electrons. The van der Waals surface area contributed by atoms with Crippen molar-refractivity contribution in [3.63, 3.8) is 0 Å². The van der Waals surface area contributed by atoms with E-state index in [0.717, 1.165) is 12.3 Å². The Morgan fingerprint density at radius 1 is 1.13 bits per heavy atom. The highest BCUT2D eigenvalue weighted by Crippen LogP contribution is 2.32. The highest BCUT2D eigenvalue weighted by Gasteiger charge is 2.34. The molecule has 1 aliphatic rings. The van der Waals surface area contributed by atoms with E-state index in [1.807, 2.05) is 0 Å². The Morgan fingerprint density at radius 2 is 1.90 bits per heavy atom. The van der Waals surface area contributed by atoms with Gasteiger partial charge in [0, 0.05) is 48.2 Å². The maximum absolute atomic E-state index is 14.5. The van der Waals surface area contributed by atoms with E-state index in [1.54, 1.807) is 18.5 Å². The first-order chi connectivity index (χ1) is 14.3. The summed E-state index contributed by atoms with van der Waals surface area (Å²) in [6.45, 7) is 0.00243. The average Bonchev–Trinajstić information content (AvgIpc) is 2.70. The van der Waals surface area contributed by atoms with Crippen LogP contribution < -0.4 is 10.1 Å². The second-order valence-electron chi connectivity index (χ2n) is 7.24. The van der Waals surface area contributed by atoms with Crippen LogP contribution in [0.4, 0.5) is 17.6 Å². The molecule has 4 rings (SSSR count). The predicted octanol–water partition coefficient (Wildman–Crippen LogP) is 4.40. The molecule has 10 heteroatoms. The van der Waals surface area contributed by atoms with E-state index >= 15 is 0 Å². The molecule has 3 aromatic rings. The van der Waals surface area contributed by atoms with Crippen molar-refractivity contribution in [2.24, 2.45) is 0 Å². The number of pyridine rings is 2. The van der Waals surface area contributed by atoms with Gasteiger partial charge in [0.2, 0.25) is 0 Å². The number of alkyl halides is 3. The summed E-state index contributed by atoms with van der Waals surface area (Å²) in [5.41, 5.74) is -0.0258. The largest absolute Gasteiger partial charge is 0.490 e. The normalized spacial score (nSPS) is 18.4. The summed E-state index contributed by atoms with van der Waals surface area (Å²) < 4.78 is 58.4. The molecule has 2 aromatic heterocycles. The minimum Gasteiger partial charge on any atom is -0.490 e. The van der Waals surface area contributed by atoms with Crippen molar-refractivity contribution in [1.82, 2.24) is 15.3 Å². The fourth-order valence-electron chi connectivity index (χ4n) is 3.58. The van der Waals surface area contributed by atoms with Gasteiger partial charge in [0.15, 0.2) is 0 Å². The van der Waals surface area contributed by atoms with E-state index in [2.05, 4.69) is 15.3 Å². The molecule has 0 amide bonds. The van der Waals surface area contributed by atoms with E-state index in [1.165, 1.54) is 12.1 Å². The number of halogens is 5. The number of nitrogens with one attached hydrogen (secondary N) is 1. The Bertz CT molecular complexity index is 1060. The number of hydrogen-bond acceptors (Lipinski definition) is 5. The quantitative estimate of drug-likeness (QED) is 0.537. The summed E-state index contributed by atoms with van der Waals surface area (Å²) in [4.78, 5) is 7.35. The first kappa shape index (κ1) is 23.2. The third kappa shape index (κ3) is 5.06. The van der Waals surface area contributed by atoms with Crippen molar-refractivity contribution in [1.29, 1.82) is 0 Å². The molecule has 0 atom stereocenters. The molecule has 1 fully saturated rings. The molecule has 2 N–H and O–H groups in total. The van der Waals surface area contributed by atoms with E-state index < -0.39 is 17.7 Å². The summed E-state index contributed by atoms with van der Waals surface area (Å²) >= 11 is 0. The molecule has 5 nitrogen and oxygen atoms in total. The van der Waals surface area contributed by atoms with Crippen LogP contribution in [0.1, 0.15) is 29.7 Å². The maximum Gasteiger partial charge on any atom is 0.433 e. The number of rotatable bonds is 6. The van der Waals surface area contributed by atoms with Crippen LogP contribution in [0.5, 0.6) is 5.75 Å². The molecule has 0 spiro atoms. The second kappa shape index (κ2) is 9.33. The van der Waals surface area contributed by atoms with Crippen LogP contribution in [0.25, 0.3) is 10.8 Å². The second-order valence-corrected chi connectivity index (χ2v) is 7.24. The van der Waals surface area contributed by atoms with E-state index in [0.29, 0.717) is 34.7 Å². The van der Waals surface area contributed by atoms with Crippen molar-refractivity contribution in [2.45, 2.75) is 44.3 Å². The molecule has 31 heavy (non-hydrogen) atoms. The zero-order valence-electron chi connectivity index (χ0n) is 16.2. The van der Waals surface area contributed by atoms with Crippen LogP contribution in [0, 0.1) is 5.82 Å². The summed E-state index contributed by atoms with van der Waals surface area (Å²) in [6.07, 6.45) is 0.708. The average molecular weight is 458 g/mol. The summed E-state index contributed by atoms with van der Waals surface area (Å²) in [6, 6.07) is 5.37. The van der Waals surface area contributed by atoms with Gasteiger partial charge in [-0.2, -0.15) is 13.2 Å². The zero-order chi connectivity index (χ0) is 21.3. The summed E-state index contributed by atoms with van der Waals surface area (Å²) in [5, 5.41) is 14.1. The molecule has 0 aliphatic heterocycles. The number of fused-ring (bicyclic) bond motifs is 1. The lowest BCUT2D eigenvalue weighted by atomic mass is 9.88. The highest BCUT2D eigenvalue weighted by atomic mass is 35.5. The number of aromatic nitrogens is 2. The lowest BCUT2D eigenvalue weighted by Crippen LogP contribution is -2.46. The van der Waals surface area contributed by atoms with Crippen LogP contribution in [0.3, 0.4) is 0 Å². The molecular weight excluding hydrogens is 438 g/mol. The van der Waals surface area contributed by atoms with Crippen LogP contribution in [0.2, 0.25) is 0 Å². The Kier molecular flexibility index (Phi) is 6.98. The van der Waals surface area contributed by atoms with Gasteiger partial charge in [0.05, 0.1) is 6.61 Å². The molecule has 1 aliphatic carbocycles. The van der Waals surface area contributed by atoms with Crippen LogP contribution in [-0.2, 0) is 19.3 Å². The van der Waals surface area contributed by atoms with Gasteiger partial charge in [-0.15, -0.1) is 12.4 Å². The molecular formula is C21H20ClF4N3O2. The van der Waals surface area contributed by atoms with E-state index in [-0.39, 0.29) is 43.5 Å². The topological polar surface area (TPSA) is 67.3 Å². The molecule has 0 radical (unpaired) electrons. The van der Waals surface area contributed by atoms with Crippen molar-refractivity contribution in [3.05, 3.63) is 65.5 Å². The molecule has 2 heterocycles. The highest BCUT2D eigenvalue weighted by molar-refractivity contribution is 5.88. The Hall–Kier alpha value is -2.49. The molecule has 0 bridgehead atoms. The van der Waals surface area contributed by atoms with Gasteiger partial charge < -0.3 is 15.2 Å². The van der Waals surface area contributed by atoms with Gasteiger partial charge in [-0.25, -0.2) is 4.39 Å². The fourth-order valence-corrected chi connectivity index (χ4v) is 3.58. The van der Waals surface area contributed by atoms with Gasteiger partial charge in [-0.1, -0.05) is 0 Å². The van der Waals surface area contributed by atoms with Crippen molar-refractivity contribution < 1.29 is 27.4 Å². The molecule has 0 unspecified atom stereocenters. The Balaban J connectivity index is 0.00000272. The minimum absolute atomic E-state index is 0. The maximum atomic E-state index is 14.5. The first-order valence-corrected chi connectivity index (χ1v) is 9.43. The van der Waals surface area contributed by atoms with Crippen LogP contribution >= 0.6 is 12.4 Å². The van der Waals surface area contributed by atoms with Gasteiger partial charge in [-0.05, 0) is 42.0 Å². The van der Waals surface area contributed by atoms with Crippen molar-refractivity contribution in [3.8, 4) is 5.75 Å². The predicted molar refractivity (Wildman–Crippen MR) is 108 cm³/mol. The summed E-state index contributed by atoms with van der Waals surface area (Å²) in [5.74, 6) is -0.279. The number of nitrogens with zero attached hydrogens (tertiary/aromatic N) is 2. The standard InChI is InChI=1S/C21H19F4N3O2.ClH/c22-19-5-12(11-29)17-9-26-3-2-16(17)18(19)10-28-13-6-15(7-13)30-14-1-4-27-20(8-14)21(23,24)25;/h1-5,8-9,13,15,28-29H,6-7,10-11H2;1H. The number of hydrogen-bond donors (Lipinski definition) is 2. The third-order valence-electron chi connectivity index (χ3n) is 5.24. The monoisotopic (exact) mass is 457 g/mol. The minimum atomic E-state index is -4.52. The summed E-state index contributed by atoms with van der Waals surface area (Å²) in [7, 11) is 0. The Labute approximate surface area is 181 Å². The number of aliphatic hydroxyl groups excluding tert-OH is 1. The third-order valence-corrected chi connectivity index (χ3v) is 5.24. The van der Waals surface area contributed by atoms with E-state index in [9.17, 15) is 22.7 Å². The number of benzene rings is 1. The number of ether oxygens (including phenoxy) is 1. The molecule has 1 saturated carbocycles. The van der Waals surface area contributed by atoms with Crippen molar-refractivity contribution in [2.75, 3.05) is 0 Å². The van der Waals surface area contributed by atoms with Gasteiger partial charge in [0.1, 0.15) is 23.4 Å². The number of aliphatic hydroxyl groups is 1. The smallest absolute Gasteiger partial charge is 0.433 e. The first-order valence-electron chi connectivity index (χ1n) is 9.43. The van der Waals surface area contributed by atoms with Crippen LogP contribution in [-0.4, -0.2) is 27.2 Å². The zero-order valence-corrected chi connectivity index (χ0v) is 17.0. The Morgan fingerprint density at radius 3 is 2.61 bits per heavy atom.